The summed E-state index contributed by atoms with van der Waals surface area (Å²) in [5, 5.41) is 12.4. The molecule has 0 unspecified atom stereocenters. The molecule has 2 saturated heterocycles. The Morgan fingerprint density at radius 1 is 1.14 bits per heavy atom. The minimum absolute atomic E-state index is 0.0205. The van der Waals surface area contributed by atoms with Gasteiger partial charge in [-0.25, -0.2) is 4.98 Å². The van der Waals surface area contributed by atoms with Crippen LogP contribution in [0.15, 0.2) is 28.9 Å². The van der Waals surface area contributed by atoms with Crippen LogP contribution in [0.4, 0.5) is 11.4 Å². The summed E-state index contributed by atoms with van der Waals surface area (Å²) in [5.74, 6) is 0.190. The lowest BCUT2D eigenvalue weighted by molar-refractivity contribution is -0.384. The molecule has 9 heteroatoms. The van der Waals surface area contributed by atoms with Gasteiger partial charge < -0.3 is 9.80 Å². The lowest BCUT2D eigenvalue weighted by Gasteiger charge is -2.36. The Hall–Kier alpha value is -2.26. The molecule has 28 heavy (non-hydrogen) atoms. The molecule has 3 heterocycles. The van der Waals surface area contributed by atoms with Gasteiger partial charge in [-0.1, -0.05) is 15.9 Å². The predicted octanol–water partition coefficient (Wildman–Crippen LogP) is 2.65. The number of likely N-dealkylation sites (tertiary alicyclic amines) is 1. The Kier molecular flexibility index (Phi) is 5.45. The van der Waals surface area contributed by atoms with E-state index in [2.05, 4.69) is 25.8 Å². The fraction of sp³-hybridized carbons (Fsp3) is 0.474. The van der Waals surface area contributed by atoms with Crippen molar-refractivity contribution in [3.05, 3.63) is 39.0 Å². The van der Waals surface area contributed by atoms with Gasteiger partial charge in [-0.05, 0) is 31.0 Å². The van der Waals surface area contributed by atoms with Gasteiger partial charge in [-0.2, -0.15) is 0 Å². The number of halogens is 1. The van der Waals surface area contributed by atoms with Crippen LogP contribution in [0.25, 0.3) is 10.9 Å². The largest absolute Gasteiger partial charge is 0.363 e. The van der Waals surface area contributed by atoms with Crippen molar-refractivity contribution >= 4 is 44.1 Å². The number of amides is 1. The maximum atomic E-state index is 12.4. The number of hydrogen-bond acceptors (Lipinski definition) is 6. The first-order valence-corrected chi connectivity index (χ1v) is 10.3. The summed E-state index contributed by atoms with van der Waals surface area (Å²) in [5.41, 5.74) is 1.37. The molecule has 2 aromatic rings. The van der Waals surface area contributed by atoms with Crippen LogP contribution in [-0.2, 0) is 4.79 Å². The maximum Gasteiger partial charge on any atom is 0.311 e. The predicted molar refractivity (Wildman–Crippen MR) is 111 cm³/mol. The molecule has 0 bridgehead atoms. The van der Waals surface area contributed by atoms with Crippen LogP contribution in [0.5, 0.6) is 0 Å². The van der Waals surface area contributed by atoms with Gasteiger partial charge in [0.05, 0.1) is 17.0 Å². The summed E-state index contributed by atoms with van der Waals surface area (Å²) >= 11 is 3.45. The summed E-state index contributed by atoms with van der Waals surface area (Å²) in [6.07, 6.45) is 3.52. The smallest absolute Gasteiger partial charge is 0.311 e. The van der Waals surface area contributed by atoms with E-state index in [0.29, 0.717) is 38.4 Å². The molecule has 0 radical (unpaired) electrons. The fourth-order valence-corrected chi connectivity index (χ4v) is 4.35. The minimum atomic E-state index is -0.369. The highest BCUT2D eigenvalue weighted by molar-refractivity contribution is 9.10. The average Bonchev–Trinajstić information content (AvgIpc) is 3.22. The zero-order chi connectivity index (χ0) is 19.7. The van der Waals surface area contributed by atoms with Crippen molar-refractivity contribution in [2.75, 3.05) is 50.7 Å². The Morgan fingerprint density at radius 2 is 1.86 bits per heavy atom. The van der Waals surface area contributed by atoms with Gasteiger partial charge in [0.25, 0.3) is 0 Å². The van der Waals surface area contributed by atoms with Crippen molar-refractivity contribution in [2.24, 2.45) is 0 Å². The monoisotopic (exact) mass is 447 g/mol. The van der Waals surface area contributed by atoms with E-state index in [-0.39, 0.29) is 16.5 Å². The quantitative estimate of drug-likeness (QED) is 0.529. The van der Waals surface area contributed by atoms with E-state index in [1.807, 2.05) is 28.0 Å². The van der Waals surface area contributed by atoms with Crippen LogP contribution in [0.2, 0.25) is 0 Å². The van der Waals surface area contributed by atoms with Crippen molar-refractivity contribution < 1.29 is 9.72 Å². The van der Waals surface area contributed by atoms with Gasteiger partial charge in [0.1, 0.15) is 11.9 Å². The van der Waals surface area contributed by atoms with Crippen LogP contribution in [-0.4, -0.2) is 71.4 Å². The summed E-state index contributed by atoms with van der Waals surface area (Å²) in [4.78, 5) is 34.0. The number of nitrogens with zero attached hydrogens (tertiary/aromatic N) is 5. The second-order valence-corrected chi connectivity index (χ2v) is 8.18. The average molecular weight is 448 g/mol. The maximum absolute atomic E-state index is 12.4. The number of anilines is 1. The highest BCUT2D eigenvalue weighted by Crippen LogP contribution is 2.36. The van der Waals surface area contributed by atoms with Crippen LogP contribution >= 0.6 is 15.9 Å². The first-order valence-electron chi connectivity index (χ1n) is 9.50. The number of aromatic nitrogens is 1. The number of carbonyl (C=O) groups is 1. The third-order valence-electron chi connectivity index (χ3n) is 5.49. The van der Waals surface area contributed by atoms with Gasteiger partial charge in [0.2, 0.25) is 5.91 Å². The van der Waals surface area contributed by atoms with Gasteiger partial charge in [-0.15, -0.1) is 0 Å². The summed E-state index contributed by atoms with van der Waals surface area (Å²) in [6, 6.07) is 5.62. The molecule has 2 fully saturated rings. The van der Waals surface area contributed by atoms with E-state index in [0.717, 1.165) is 41.3 Å². The molecule has 8 nitrogen and oxygen atoms in total. The number of carbonyl (C=O) groups excluding carboxylic acids is 1. The standard InChI is InChI=1S/C19H22BrN5O3/c20-14-3-4-16-15(11-14)19(17(12-21-16)25(27)28)24-9-7-22(8-10-24)13-18(26)23-5-1-2-6-23/h3-4,11-12H,1-2,5-10,13H2. The molecule has 0 aliphatic carbocycles. The molecule has 4 rings (SSSR count). The van der Waals surface area contributed by atoms with Gasteiger partial charge in [-0.3, -0.25) is 19.8 Å². The Labute approximate surface area is 171 Å². The van der Waals surface area contributed by atoms with E-state index >= 15 is 0 Å². The molecule has 148 valence electrons. The van der Waals surface area contributed by atoms with E-state index in [9.17, 15) is 14.9 Å². The topological polar surface area (TPSA) is 82.8 Å². The number of fused-ring (bicyclic) bond motifs is 1. The third-order valence-corrected chi connectivity index (χ3v) is 5.98. The fourth-order valence-electron chi connectivity index (χ4n) is 3.99. The highest BCUT2D eigenvalue weighted by atomic mass is 79.9. The van der Waals surface area contributed by atoms with Crippen molar-refractivity contribution in [3.8, 4) is 0 Å². The van der Waals surface area contributed by atoms with E-state index in [4.69, 9.17) is 0 Å². The van der Waals surface area contributed by atoms with E-state index in [1.165, 1.54) is 6.20 Å². The molecule has 1 aromatic carbocycles. The molecule has 2 aliphatic heterocycles. The SMILES string of the molecule is O=C(CN1CCN(c2c([N+](=O)[O-])cnc3ccc(Br)cc23)CC1)N1CCCC1. The second-order valence-electron chi connectivity index (χ2n) is 7.26. The Bertz CT molecular complexity index is 908. The zero-order valence-electron chi connectivity index (χ0n) is 15.5. The van der Waals surface area contributed by atoms with E-state index < -0.39 is 0 Å². The Morgan fingerprint density at radius 3 is 2.54 bits per heavy atom. The van der Waals surface area contributed by atoms with Crippen molar-refractivity contribution in [1.29, 1.82) is 0 Å². The molecular formula is C19H22BrN5O3. The Balaban J connectivity index is 1.53. The molecule has 1 amide bonds. The molecule has 0 atom stereocenters. The number of rotatable bonds is 4. The van der Waals surface area contributed by atoms with Gasteiger partial charge >= 0.3 is 5.69 Å². The summed E-state index contributed by atoms with van der Waals surface area (Å²) in [6.45, 7) is 4.84. The lowest BCUT2D eigenvalue weighted by Crippen LogP contribution is -2.50. The van der Waals surface area contributed by atoms with Crippen molar-refractivity contribution in [2.45, 2.75) is 12.8 Å². The number of nitro groups is 1. The first-order chi connectivity index (χ1) is 13.5. The molecule has 0 N–H and O–H groups in total. The van der Waals surface area contributed by atoms with Gasteiger partial charge in [0, 0.05) is 49.1 Å². The normalized spacial score (nSPS) is 18.0. The minimum Gasteiger partial charge on any atom is -0.363 e. The van der Waals surface area contributed by atoms with Crippen molar-refractivity contribution in [1.82, 2.24) is 14.8 Å². The molecule has 2 aliphatic rings. The third kappa shape index (κ3) is 3.81. The highest BCUT2D eigenvalue weighted by Gasteiger charge is 2.28. The number of benzene rings is 1. The van der Waals surface area contributed by atoms with Crippen LogP contribution in [0.3, 0.4) is 0 Å². The lowest BCUT2D eigenvalue weighted by atomic mass is 10.1. The first kappa shape index (κ1) is 19.1. The zero-order valence-corrected chi connectivity index (χ0v) is 17.1. The molecule has 0 spiro atoms. The molecule has 1 aromatic heterocycles. The number of pyridine rings is 1. The van der Waals surface area contributed by atoms with Crippen LogP contribution < -0.4 is 4.90 Å². The molecular weight excluding hydrogens is 426 g/mol. The van der Waals surface area contributed by atoms with Gasteiger partial charge in [0.15, 0.2) is 0 Å². The van der Waals surface area contributed by atoms with Crippen molar-refractivity contribution in [3.63, 3.8) is 0 Å². The molecule has 0 saturated carbocycles. The van der Waals surface area contributed by atoms with Crippen LogP contribution in [0, 0.1) is 10.1 Å². The number of hydrogen-bond donors (Lipinski definition) is 0. The summed E-state index contributed by atoms with van der Waals surface area (Å²) in [7, 11) is 0. The second kappa shape index (κ2) is 8.00. The number of piperazine rings is 1. The van der Waals surface area contributed by atoms with E-state index in [1.54, 1.807) is 0 Å². The summed E-state index contributed by atoms with van der Waals surface area (Å²) < 4.78 is 0.860. The van der Waals surface area contributed by atoms with Crippen LogP contribution in [0.1, 0.15) is 12.8 Å².